The number of phenolic OH excluding ortho intramolecular Hbond substituents is 1. The van der Waals surface area contributed by atoms with Gasteiger partial charge in [-0.1, -0.05) is 36.4 Å². The number of phenols is 1. The Morgan fingerprint density at radius 3 is 2.12 bits per heavy atom. The van der Waals surface area contributed by atoms with Crippen molar-refractivity contribution < 1.29 is 14.6 Å². The largest absolute Gasteiger partial charge is 0.508 e. The fourth-order valence-electron chi connectivity index (χ4n) is 2.07. The van der Waals surface area contributed by atoms with Crippen molar-refractivity contribution in [2.75, 3.05) is 0 Å². The minimum absolute atomic E-state index is 0.243. The number of rotatable bonds is 4. The van der Waals surface area contributed by atoms with E-state index in [2.05, 4.69) is 4.98 Å². The van der Waals surface area contributed by atoms with Crippen LogP contribution >= 0.6 is 0 Å². The molecule has 0 aliphatic rings. The van der Waals surface area contributed by atoms with E-state index in [0.29, 0.717) is 11.3 Å². The molecule has 3 aromatic rings. The van der Waals surface area contributed by atoms with Gasteiger partial charge in [0.1, 0.15) is 11.5 Å². The summed E-state index contributed by atoms with van der Waals surface area (Å²) in [5.74, 6) is 0.285. The molecule has 3 rings (SSSR count). The number of esters is 1. The van der Waals surface area contributed by atoms with Crippen LogP contribution in [0.4, 0.5) is 0 Å². The van der Waals surface area contributed by atoms with Gasteiger partial charge in [0.05, 0.1) is 5.56 Å². The predicted molar refractivity (Wildman–Crippen MR) is 92.7 cm³/mol. The normalized spacial score (nSPS) is 10.7. The van der Waals surface area contributed by atoms with Gasteiger partial charge in [0.15, 0.2) is 0 Å². The van der Waals surface area contributed by atoms with Crippen LogP contribution < -0.4 is 4.74 Å². The monoisotopic (exact) mass is 317 g/mol. The zero-order valence-electron chi connectivity index (χ0n) is 12.8. The number of hydrogen-bond donors (Lipinski definition) is 1. The molecule has 118 valence electrons. The smallest absolute Gasteiger partial charge is 0.345 e. The first-order chi connectivity index (χ1) is 11.7. The van der Waals surface area contributed by atoms with E-state index < -0.39 is 5.97 Å². The van der Waals surface area contributed by atoms with Crippen LogP contribution in [0.5, 0.6) is 11.5 Å². The van der Waals surface area contributed by atoms with E-state index in [-0.39, 0.29) is 5.75 Å². The van der Waals surface area contributed by atoms with Crippen LogP contribution in [0.3, 0.4) is 0 Å². The second kappa shape index (κ2) is 7.24. The van der Waals surface area contributed by atoms with Gasteiger partial charge in [0.2, 0.25) is 0 Å². The van der Waals surface area contributed by atoms with Crippen LogP contribution in [0.1, 0.15) is 21.5 Å². The Morgan fingerprint density at radius 2 is 1.54 bits per heavy atom. The van der Waals surface area contributed by atoms with Gasteiger partial charge in [-0.15, -0.1) is 0 Å². The van der Waals surface area contributed by atoms with Gasteiger partial charge in [-0.3, -0.25) is 4.98 Å². The summed E-state index contributed by atoms with van der Waals surface area (Å²) >= 11 is 0. The highest BCUT2D eigenvalue weighted by Crippen LogP contribution is 2.17. The molecule has 0 amide bonds. The molecule has 0 saturated heterocycles. The first-order valence-corrected chi connectivity index (χ1v) is 7.40. The fourth-order valence-corrected chi connectivity index (χ4v) is 2.07. The number of nitrogens with zero attached hydrogens (tertiary/aromatic N) is 1. The van der Waals surface area contributed by atoms with E-state index in [1.54, 1.807) is 42.6 Å². The summed E-state index contributed by atoms with van der Waals surface area (Å²) in [5, 5.41) is 9.26. The molecule has 1 N–H and O–H groups in total. The van der Waals surface area contributed by atoms with Crippen molar-refractivity contribution in [3.8, 4) is 11.5 Å². The highest BCUT2D eigenvalue weighted by Gasteiger charge is 2.07. The van der Waals surface area contributed by atoms with Crippen LogP contribution in [-0.4, -0.2) is 16.1 Å². The van der Waals surface area contributed by atoms with Crippen molar-refractivity contribution in [3.63, 3.8) is 0 Å². The van der Waals surface area contributed by atoms with Crippen molar-refractivity contribution in [2.24, 2.45) is 0 Å². The Labute approximate surface area is 139 Å². The number of carbonyl (C=O) groups excluding carboxylic acids is 1. The topological polar surface area (TPSA) is 59.4 Å². The molecule has 2 aromatic carbocycles. The zero-order chi connectivity index (χ0) is 16.8. The van der Waals surface area contributed by atoms with E-state index in [1.165, 1.54) is 6.20 Å². The first kappa shape index (κ1) is 15.5. The molecule has 1 heterocycles. The van der Waals surface area contributed by atoms with Gasteiger partial charge in [-0.2, -0.15) is 0 Å². The molecule has 0 saturated carbocycles. The number of aromatic hydroxyl groups is 1. The molecule has 24 heavy (non-hydrogen) atoms. The number of pyridine rings is 1. The Morgan fingerprint density at radius 1 is 0.917 bits per heavy atom. The SMILES string of the molecule is O=C(Oc1ccc(/C=C/c2ccc(O)cc2)cc1)c1cccnc1. The Kier molecular flexibility index (Phi) is 4.68. The van der Waals surface area contributed by atoms with Crippen LogP contribution in [0.25, 0.3) is 12.2 Å². The summed E-state index contributed by atoms with van der Waals surface area (Å²) in [6.07, 6.45) is 6.96. The van der Waals surface area contributed by atoms with E-state index in [0.717, 1.165) is 11.1 Å². The number of benzene rings is 2. The maximum absolute atomic E-state index is 11.9. The second-order valence-corrected chi connectivity index (χ2v) is 5.13. The van der Waals surface area contributed by atoms with Crippen LogP contribution in [0.2, 0.25) is 0 Å². The van der Waals surface area contributed by atoms with Crippen LogP contribution in [0.15, 0.2) is 73.1 Å². The average Bonchev–Trinajstić information content (AvgIpc) is 2.63. The Hall–Kier alpha value is -3.40. The first-order valence-electron chi connectivity index (χ1n) is 7.40. The molecule has 0 aliphatic heterocycles. The lowest BCUT2D eigenvalue weighted by atomic mass is 10.1. The molecule has 0 radical (unpaired) electrons. The molecule has 4 heteroatoms. The average molecular weight is 317 g/mol. The third-order valence-corrected chi connectivity index (χ3v) is 3.35. The van der Waals surface area contributed by atoms with Crippen molar-refractivity contribution >= 4 is 18.1 Å². The van der Waals surface area contributed by atoms with Crippen LogP contribution in [0, 0.1) is 0 Å². The summed E-state index contributed by atoms with van der Waals surface area (Å²) in [4.78, 5) is 15.8. The van der Waals surface area contributed by atoms with E-state index in [1.807, 2.05) is 36.4 Å². The highest BCUT2D eigenvalue weighted by atomic mass is 16.5. The maximum Gasteiger partial charge on any atom is 0.345 e. The van der Waals surface area contributed by atoms with Gasteiger partial charge in [-0.25, -0.2) is 4.79 Å². The van der Waals surface area contributed by atoms with Crippen molar-refractivity contribution in [2.45, 2.75) is 0 Å². The van der Waals surface area contributed by atoms with Crippen molar-refractivity contribution in [3.05, 3.63) is 89.7 Å². The minimum Gasteiger partial charge on any atom is -0.508 e. The fraction of sp³-hybridized carbons (Fsp3) is 0. The van der Waals surface area contributed by atoms with Gasteiger partial charge in [0.25, 0.3) is 0 Å². The molecule has 0 unspecified atom stereocenters. The van der Waals surface area contributed by atoms with Crippen molar-refractivity contribution in [1.29, 1.82) is 0 Å². The molecule has 0 fully saturated rings. The highest BCUT2D eigenvalue weighted by molar-refractivity contribution is 5.90. The van der Waals surface area contributed by atoms with E-state index >= 15 is 0 Å². The summed E-state index contributed by atoms with van der Waals surface area (Å²) < 4.78 is 5.30. The number of hydrogen-bond acceptors (Lipinski definition) is 4. The predicted octanol–water partition coefficient (Wildman–Crippen LogP) is 4.18. The van der Waals surface area contributed by atoms with Gasteiger partial charge in [-0.05, 0) is 47.5 Å². The molecule has 4 nitrogen and oxygen atoms in total. The lowest BCUT2D eigenvalue weighted by Gasteiger charge is -2.04. The number of ether oxygens (including phenoxy) is 1. The molecular weight excluding hydrogens is 302 g/mol. The van der Waals surface area contributed by atoms with E-state index in [9.17, 15) is 9.90 Å². The summed E-state index contributed by atoms with van der Waals surface area (Å²) in [7, 11) is 0. The summed E-state index contributed by atoms with van der Waals surface area (Å²) in [5.41, 5.74) is 2.37. The molecule has 0 spiro atoms. The minimum atomic E-state index is -0.435. The maximum atomic E-state index is 11.9. The van der Waals surface area contributed by atoms with Gasteiger partial charge < -0.3 is 9.84 Å². The van der Waals surface area contributed by atoms with Crippen LogP contribution in [-0.2, 0) is 0 Å². The lowest BCUT2D eigenvalue weighted by molar-refractivity contribution is 0.0734. The molecule has 0 atom stereocenters. The second-order valence-electron chi connectivity index (χ2n) is 5.13. The molecule has 1 aromatic heterocycles. The van der Waals surface area contributed by atoms with Crippen molar-refractivity contribution in [1.82, 2.24) is 4.98 Å². The number of carbonyl (C=O) groups is 1. The Bertz CT molecular complexity index is 838. The number of aromatic nitrogens is 1. The van der Waals surface area contributed by atoms with Gasteiger partial charge >= 0.3 is 5.97 Å². The quantitative estimate of drug-likeness (QED) is 0.445. The van der Waals surface area contributed by atoms with E-state index in [4.69, 9.17) is 4.74 Å². The molecular formula is C20H15NO3. The van der Waals surface area contributed by atoms with Gasteiger partial charge in [0, 0.05) is 12.4 Å². The summed E-state index contributed by atoms with van der Waals surface area (Å²) in [6, 6.07) is 17.5. The zero-order valence-corrected chi connectivity index (χ0v) is 12.8. The standard InChI is InChI=1S/C20H15NO3/c22-18-9-5-15(6-10-18)3-4-16-7-11-19(12-8-16)24-20(23)17-2-1-13-21-14-17/h1-14,22H/b4-3+. The summed E-state index contributed by atoms with van der Waals surface area (Å²) in [6.45, 7) is 0. The molecule has 0 bridgehead atoms. The third kappa shape index (κ3) is 4.08. The lowest BCUT2D eigenvalue weighted by Crippen LogP contribution is -2.08. The third-order valence-electron chi connectivity index (χ3n) is 3.35. The molecule has 0 aliphatic carbocycles. The Balaban J connectivity index is 1.65.